The van der Waals surface area contributed by atoms with Gasteiger partial charge in [0.1, 0.15) is 0 Å². The molecule has 0 radical (unpaired) electrons. The zero-order chi connectivity index (χ0) is 20.5. The van der Waals surface area contributed by atoms with Gasteiger partial charge in [-0.15, -0.1) is 0 Å². The van der Waals surface area contributed by atoms with Gasteiger partial charge in [0.15, 0.2) is 0 Å². The largest absolute Gasteiger partial charge is 0.398 e. The van der Waals surface area contributed by atoms with Crippen LogP contribution in [0.3, 0.4) is 0 Å². The predicted octanol–water partition coefficient (Wildman–Crippen LogP) is 3.61. The number of anilines is 1. The van der Waals surface area contributed by atoms with E-state index in [-0.39, 0.29) is 18.0 Å². The zero-order valence-electron chi connectivity index (χ0n) is 16.1. The van der Waals surface area contributed by atoms with Gasteiger partial charge in [0.25, 0.3) is 0 Å². The molecule has 1 unspecified atom stereocenters. The highest BCUT2D eigenvalue weighted by Gasteiger charge is 2.46. The summed E-state index contributed by atoms with van der Waals surface area (Å²) < 4.78 is 0.760. The molecule has 0 aliphatic carbocycles. The fourth-order valence-electron chi connectivity index (χ4n) is 4.41. The lowest BCUT2D eigenvalue weighted by Crippen LogP contribution is -2.47. The van der Waals surface area contributed by atoms with Crippen molar-refractivity contribution in [3.63, 3.8) is 0 Å². The topological polar surface area (TPSA) is 86.8 Å². The number of likely N-dealkylation sites (tertiary alicyclic amines) is 1. The Bertz CT molecular complexity index is 822. The molecule has 1 amide bonds. The molecule has 1 heterocycles. The van der Waals surface area contributed by atoms with E-state index in [2.05, 4.69) is 15.9 Å². The number of nitrogens with two attached hydrogens (primary N) is 1. The Morgan fingerprint density at radius 2 is 1.79 bits per heavy atom. The summed E-state index contributed by atoms with van der Waals surface area (Å²) >= 11 is 3.46. The third kappa shape index (κ3) is 4.09. The standard InChI is InChI=1S/C22H27BrN2O3/c1-22(2,28)20(15-8-9-17(24)16(23)12-15)18-10-11-19(25(18)13-26)21(27)14-6-4-3-5-7-14/h3-9,12-13,18-21,27-28H,10-11,24H2,1-2H3/t18-,19+,20?,21+/m0/s1. The van der Waals surface area contributed by atoms with Gasteiger partial charge in [0, 0.05) is 22.1 Å². The predicted molar refractivity (Wildman–Crippen MR) is 114 cm³/mol. The van der Waals surface area contributed by atoms with Gasteiger partial charge in [-0.05, 0) is 65.9 Å². The molecule has 28 heavy (non-hydrogen) atoms. The van der Waals surface area contributed by atoms with Crippen molar-refractivity contribution in [1.29, 1.82) is 0 Å². The van der Waals surface area contributed by atoms with Gasteiger partial charge in [-0.1, -0.05) is 36.4 Å². The van der Waals surface area contributed by atoms with Crippen LogP contribution < -0.4 is 5.73 Å². The summed E-state index contributed by atoms with van der Waals surface area (Å²) in [5, 5.41) is 21.8. The molecule has 5 nitrogen and oxygen atoms in total. The van der Waals surface area contributed by atoms with Crippen LogP contribution in [0.2, 0.25) is 0 Å². The lowest BCUT2D eigenvalue weighted by molar-refractivity contribution is -0.124. The van der Waals surface area contributed by atoms with Crippen molar-refractivity contribution in [2.75, 3.05) is 5.73 Å². The number of aliphatic hydroxyl groups is 2. The molecule has 6 heteroatoms. The Balaban J connectivity index is 1.95. The van der Waals surface area contributed by atoms with Gasteiger partial charge < -0.3 is 20.8 Å². The summed E-state index contributed by atoms with van der Waals surface area (Å²) in [7, 11) is 0. The number of nitrogens with zero attached hydrogens (tertiary/aromatic N) is 1. The monoisotopic (exact) mass is 446 g/mol. The summed E-state index contributed by atoms with van der Waals surface area (Å²) in [5.41, 5.74) is 7.17. The van der Waals surface area contributed by atoms with Crippen LogP contribution in [-0.4, -0.2) is 39.2 Å². The minimum atomic E-state index is -1.06. The number of benzene rings is 2. The molecule has 0 bridgehead atoms. The Kier molecular flexibility index (Phi) is 6.12. The van der Waals surface area contributed by atoms with E-state index in [1.54, 1.807) is 24.8 Å². The molecule has 150 valence electrons. The highest BCUT2D eigenvalue weighted by Crippen LogP contribution is 2.43. The molecule has 4 atom stereocenters. The average molecular weight is 447 g/mol. The van der Waals surface area contributed by atoms with Gasteiger partial charge in [0.2, 0.25) is 6.41 Å². The van der Waals surface area contributed by atoms with Crippen LogP contribution in [0.25, 0.3) is 0 Å². The second-order valence-electron chi connectivity index (χ2n) is 8.03. The fourth-order valence-corrected chi connectivity index (χ4v) is 4.81. The second-order valence-corrected chi connectivity index (χ2v) is 8.89. The van der Waals surface area contributed by atoms with Crippen LogP contribution in [0.15, 0.2) is 53.0 Å². The number of halogens is 1. The summed E-state index contributed by atoms with van der Waals surface area (Å²) in [6.07, 6.45) is 1.41. The molecule has 4 N–H and O–H groups in total. The lowest BCUT2D eigenvalue weighted by atomic mass is 9.78. The number of rotatable bonds is 6. The summed E-state index contributed by atoms with van der Waals surface area (Å²) in [5.74, 6) is -0.317. The highest BCUT2D eigenvalue weighted by atomic mass is 79.9. The Labute approximate surface area is 174 Å². The van der Waals surface area contributed by atoms with E-state index in [0.717, 1.165) is 22.0 Å². The molecular formula is C22H27BrN2O3. The number of carbonyl (C=O) groups is 1. The number of aliphatic hydroxyl groups excluding tert-OH is 1. The van der Waals surface area contributed by atoms with E-state index in [4.69, 9.17) is 5.73 Å². The van der Waals surface area contributed by atoms with Crippen LogP contribution >= 0.6 is 15.9 Å². The van der Waals surface area contributed by atoms with Crippen molar-refractivity contribution in [3.05, 3.63) is 64.1 Å². The molecule has 0 aromatic heterocycles. The Morgan fingerprint density at radius 1 is 1.14 bits per heavy atom. The maximum Gasteiger partial charge on any atom is 0.210 e. The molecule has 0 spiro atoms. The quantitative estimate of drug-likeness (QED) is 0.467. The minimum absolute atomic E-state index is 0.226. The van der Waals surface area contributed by atoms with E-state index in [1.165, 1.54) is 0 Å². The van der Waals surface area contributed by atoms with Gasteiger partial charge in [0.05, 0.1) is 17.7 Å². The number of hydrogen-bond donors (Lipinski definition) is 3. The molecule has 1 aliphatic rings. The Hall–Kier alpha value is -1.89. The molecule has 2 aromatic carbocycles. The molecule has 1 saturated heterocycles. The first-order valence-electron chi connectivity index (χ1n) is 9.47. The summed E-state index contributed by atoms with van der Waals surface area (Å²) in [4.78, 5) is 13.7. The van der Waals surface area contributed by atoms with E-state index in [0.29, 0.717) is 18.5 Å². The Morgan fingerprint density at radius 3 is 2.36 bits per heavy atom. The van der Waals surface area contributed by atoms with E-state index >= 15 is 0 Å². The third-order valence-corrected chi connectivity index (χ3v) is 6.37. The van der Waals surface area contributed by atoms with Crippen molar-refractivity contribution in [2.45, 2.75) is 56.4 Å². The van der Waals surface area contributed by atoms with Crippen molar-refractivity contribution >= 4 is 28.0 Å². The van der Waals surface area contributed by atoms with E-state index in [9.17, 15) is 15.0 Å². The maximum absolute atomic E-state index is 12.1. The number of amides is 1. The first-order chi connectivity index (χ1) is 13.2. The molecule has 3 rings (SSSR count). The van der Waals surface area contributed by atoms with Gasteiger partial charge in [-0.3, -0.25) is 4.79 Å². The SMILES string of the molecule is CC(C)(O)C(c1ccc(N)c(Br)c1)[C@@H]1CC[C@H]([C@H](O)c2ccccc2)N1C=O. The van der Waals surface area contributed by atoms with Crippen molar-refractivity contribution in [3.8, 4) is 0 Å². The van der Waals surface area contributed by atoms with Crippen molar-refractivity contribution < 1.29 is 15.0 Å². The van der Waals surface area contributed by atoms with Crippen molar-refractivity contribution in [1.82, 2.24) is 4.90 Å². The van der Waals surface area contributed by atoms with Crippen LogP contribution in [0.4, 0.5) is 5.69 Å². The normalized spacial score (nSPS) is 22.1. The first kappa shape index (κ1) is 20.8. The first-order valence-corrected chi connectivity index (χ1v) is 10.3. The molecule has 0 saturated carbocycles. The van der Waals surface area contributed by atoms with Crippen LogP contribution in [0.5, 0.6) is 0 Å². The minimum Gasteiger partial charge on any atom is -0.398 e. The van der Waals surface area contributed by atoms with Crippen LogP contribution in [0, 0.1) is 0 Å². The van der Waals surface area contributed by atoms with Gasteiger partial charge in [-0.2, -0.15) is 0 Å². The molecule has 1 aliphatic heterocycles. The molecule has 2 aromatic rings. The second kappa shape index (κ2) is 8.23. The smallest absolute Gasteiger partial charge is 0.210 e. The molecular weight excluding hydrogens is 420 g/mol. The number of carbonyl (C=O) groups excluding carboxylic acids is 1. The highest BCUT2D eigenvalue weighted by molar-refractivity contribution is 9.10. The fraction of sp³-hybridized carbons (Fsp3) is 0.409. The van der Waals surface area contributed by atoms with Crippen LogP contribution in [-0.2, 0) is 4.79 Å². The third-order valence-electron chi connectivity index (χ3n) is 5.68. The van der Waals surface area contributed by atoms with E-state index in [1.807, 2.05) is 42.5 Å². The van der Waals surface area contributed by atoms with Crippen LogP contribution in [0.1, 0.15) is 49.8 Å². The lowest BCUT2D eigenvalue weighted by Gasteiger charge is -2.40. The van der Waals surface area contributed by atoms with Gasteiger partial charge >= 0.3 is 0 Å². The number of hydrogen-bond acceptors (Lipinski definition) is 4. The van der Waals surface area contributed by atoms with Gasteiger partial charge in [-0.25, -0.2) is 0 Å². The summed E-state index contributed by atoms with van der Waals surface area (Å²) in [6.45, 7) is 3.51. The zero-order valence-corrected chi connectivity index (χ0v) is 17.7. The molecule has 1 fully saturated rings. The average Bonchev–Trinajstić information content (AvgIpc) is 3.07. The van der Waals surface area contributed by atoms with E-state index < -0.39 is 11.7 Å². The number of nitrogen functional groups attached to an aromatic ring is 1. The maximum atomic E-state index is 12.1. The van der Waals surface area contributed by atoms with Crippen molar-refractivity contribution in [2.24, 2.45) is 0 Å². The summed E-state index contributed by atoms with van der Waals surface area (Å²) in [6, 6.07) is 14.4.